The van der Waals surface area contributed by atoms with E-state index < -0.39 is 0 Å². The average Bonchev–Trinajstić information content (AvgIpc) is 2.41. The van der Waals surface area contributed by atoms with Crippen molar-refractivity contribution < 1.29 is 0 Å². The van der Waals surface area contributed by atoms with E-state index in [0.717, 1.165) is 19.0 Å². The minimum absolute atomic E-state index is 0.476. The van der Waals surface area contributed by atoms with E-state index >= 15 is 0 Å². The maximum absolute atomic E-state index is 5.31. The van der Waals surface area contributed by atoms with Gasteiger partial charge in [0.15, 0.2) is 5.96 Å². The minimum Gasteiger partial charge on any atom is -0.345 e. The molecule has 0 amide bonds. The highest BCUT2D eigenvalue weighted by Gasteiger charge is 2.37. The Kier molecular flexibility index (Phi) is 4.82. The Bertz CT molecular complexity index is 334. The zero-order valence-corrected chi connectivity index (χ0v) is 12.1. The summed E-state index contributed by atoms with van der Waals surface area (Å²) in [6, 6.07) is 0. The molecule has 1 saturated carbocycles. The number of hydrogen-bond donors (Lipinski definition) is 1. The molecule has 1 N–H and O–H groups in total. The van der Waals surface area contributed by atoms with Crippen LogP contribution >= 0.6 is 11.8 Å². The third-order valence-electron chi connectivity index (χ3n) is 3.87. The van der Waals surface area contributed by atoms with Crippen molar-refractivity contribution in [1.82, 2.24) is 10.2 Å². The molecule has 2 fully saturated rings. The lowest BCUT2D eigenvalue weighted by Gasteiger charge is -2.45. The maximum atomic E-state index is 5.31. The standard InChI is InChI=1S/C14H23N3S/c1-3-9-16-13(15-2)17-10-11-18-14(12-17)7-5-4-6-8-14/h1H,4-12H2,2H3,(H,15,16). The van der Waals surface area contributed by atoms with Crippen LogP contribution in [0.5, 0.6) is 0 Å². The molecule has 0 atom stereocenters. The van der Waals surface area contributed by atoms with E-state index in [9.17, 15) is 0 Å². The molecule has 0 aromatic carbocycles. The van der Waals surface area contributed by atoms with Crippen LogP contribution in [0.25, 0.3) is 0 Å². The summed E-state index contributed by atoms with van der Waals surface area (Å²) >= 11 is 2.18. The average molecular weight is 265 g/mol. The molecule has 1 spiro atoms. The number of thioether (sulfide) groups is 1. The fraction of sp³-hybridized carbons (Fsp3) is 0.786. The summed E-state index contributed by atoms with van der Waals surface area (Å²) in [6.07, 6.45) is 12.2. The van der Waals surface area contributed by atoms with Crippen molar-refractivity contribution in [2.45, 2.75) is 36.9 Å². The molecular formula is C14H23N3S. The van der Waals surface area contributed by atoms with E-state index in [4.69, 9.17) is 6.42 Å². The molecule has 0 aromatic rings. The van der Waals surface area contributed by atoms with Crippen LogP contribution in [0.3, 0.4) is 0 Å². The fourth-order valence-electron chi connectivity index (χ4n) is 2.99. The third kappa shape index (κ3) is 3.14. The zero-order chi connectivity index (χ0) is 12.8. The lowest BCUT2D eigenvalue weighted by Crippen LogP contribution is -2.53. The number of guanidine groups is 1. The highest BCUT2D eigenvalue weighted by atomic mass is 32.2. The second-order valence-electron chi connectivity index (χ2n) is 5.12. The molecule has 1 heterocycles. The van der Waals surface area contributed by atoms with Gasteiger partial charge >= 0.3 is 0 Å². The highest BCUT2D eigenvalue weighted by Crippen LogP contribution is 2.42. The first-order valence-electron chi connectivity index (χ1n) is 6.83. The molecule has 0 radical (unpaired) electrons. The molecule has 100 valence electrons. The lowest BCUT2D eigenvalue weighted by atomic mass is 9.87. The van der Waals surface area contributed by atoms with E-state index in [-0.39, 0.29) is 0 Å². The van der Waals surface area contributed by atoms with Crippen LogP contribution in [0.2, 0.25) is 0 Å². The second kappa shape index (κ2) is 6.38. The van der Waals surface area contributed by atoms with Gasteiger partial charge in [-0.2, -0.15) is 11.8 Å². The fourth-order valence-corrected chi connectivity index (χ4v) is 4.56. The zero-order valence-electron chi connectivity index (χ0n) is 11.2. The number of terminal acetylenes is 1. The Morgan fingerprint density at radius 2 is 2.22 bits per heavy atom. The van der Waals surface area contributed by atoms with Crippen molar-refractivity contribution in [2.24, 2.45) is 4.99 Å². The lowest BCUT2D eigenvalue weighted by molar-refractivity contribution is 0.294. The second-order valence-corrected chi connectivity index (χ2v) is 6.68. The van der Waals surface area contributed by atoms with E-state index in [1.807, 2.05) is 7.05 Å². The Labute approximate surface area is 115 Å². The maximum Gasteiger partial charge on any atom is 0.194 e. The van der Waals surface area contributed by atoms with Crippen molar-refractivity contribution in [3.8, 4) is 12.3 Å². The molecule has 3 nitrogen and oxygen atoms in total. The van der Waals surface area contributed by atoms with Crippen molar-refractivity contribution in [3.05, 3.63) is 0 Å². The van der Waals surface area contributed by atoms with Crippen LogP contribution in [0, 0.1) is 12.3 Å². The normalized spacial score (nSPS) is 23.8. The van der Waals surface area contributed by atoms with Crippen molar-refractivity contribution in [1.29, 1.82) is 0 Å². The quantitative estimate of drug-likeness (QED) is 0.446. The first-order chi connectivity index (χ1) is 8.79. The molecule has 18 heavy (non-hydrogen) atoms. The van der Waals surface area contributed by atoms with Gasteiger partial charge in [-0.05, 0) is 12.8 Å². The Balaban J connectivity index is 1.99. The molecule has 2 aliphatic rings. The van der Waals surface area contributed by atoms with Crippen LogP contribution in [-0.4, -0.2) is 48.0 Å². The van der Waals surface area contributed by atoms with Gasteiger partial charge in [0.05, 0.1) is 6.54 Å². The molecule has 1 saturated heterocycles. The molecule has 0 unspecified atom stereocenters. The topological polar surface area (TPSA) is 27.6 Å². The number of rotatable bonds is 1. The summed E-state index contributed by atoms with van der Waals surface area (Å²) < 4.78 is 0.476. The van der Waals surface area contributed by atoms with Crippen LogP contribution in [-0.2, 0) is 0 Å². The molecule has 0 bridgehead atoms. The molecule has 1 aliphatic carbocycles. The predicted octanol–water partition coefficient (Wildman–Crippen LogP) is 1.95. The number of aliphatic imine (C=N–C) groups is 1. The Morgan fingerprint density at radius 1 is 1.44 bits per heavy atom. The summed E-state index contributed by atoms with van der Waals surface area (Å²) in [7, 11) is 1.84. The molecule has 4 heteroatoms. The molecule has 2 rings (SSSR count). The van der Waals surface area contributed by atoms with Gasteiger partial charge in [-0.3, -0.25) is 4.99 Å². The van der Waals surface area contributed by atoms with Gasteiger partial charge in [0.25, 0.3) is 0 Å². The third-order valence-corrected chi connectivity index (χ3v) is 5.41. The summed E-state index contributed by atoms with van der Waals surface area (Å²) in [6.45, 7) is 2.77. The number of hydrogen-bond acceptors (Lipinski definition) is 2. The SMILES string of the molecule is C#CCNC(=NC)N1CCSC2(CCCCC2)C1. The van der Waals surface area contributed by atoms with E-state index in [2.05, 4.69) is 32.9 Å². The van der Waals surface area contributed by atoms with E-state index in [0.29, 0.717) is 11.3 Å². The van der Waals surface area contributed by atoms with Crippen LogP contribution in [0.4, 0.5) is 0 Å². The Morgan fingerprint density at radius 3 is 2.89 bits per heavy atom. The summed E-state index contributed by atoms with van der Waals surface area (Å²) in [5.41, 5.74) is 0. The Hall–Kier alpha value is -0.820. The van der Waals surface area contributed by atoms with Crippen molar-refractivity contribution >= 4 is 17.7 Å². The van der Waals surface area contributed by atoms with Gasteiger partial charge in [-0.25, -0.2) is 0 Å². The van der Waals surface area contributed by atoms with Gasteiger partial charge in [-0.15, -0.1) is 6.42 Å². The predicted molar refractivity (Wildman–Crippen MR) is 80.0 cm³/mol. The molecular weight excluding hydrogens is 242 g/mol. The van der Waals surface area contributed by atoms with Crippen LogP contribution in [0.15, 0.2) is 4.99 Å². The van der Waals surface area contributed by atoms with E-state index in [1.165, 1.54) is 37.9 Å². The minimum atomic E-state index is 0.476. The molecule has 0 aromatic heterocycles. The largest absolute Gasteiger partial charge is 0.345 e. The first-order valence-corrected chi connectivity index (χ1v) is 7.81. The van der Waals surface area contributed by atoms with E-state index in [1.54, 1.807) is 0 Å². The van der Waals surface area contributed by atoms with Gasteiger partial charge in [0.1, 0.15) is 0 Å². The van der Waals surface area contributed by atoms with Gasteiger partial charge < -0.3 is 10.2 Å². The van der Waals surface area contributed by atoms with Gasteiger partial charge in [-0.1, -0.05) is 25.2 Å². The summed E-state index contributed by atoms with van der Waals surface area (Å²) in [5, 5.41) is 3.24. The van der Waals surface area contributed by atoms with Gasteiger partial charge in [0.2, 0.25) is 0 Å². The molecule has 1 aliphatic heterocycles. The van der Waals surface area contributed by atoms with Crippen LogP contribution in [0.1, 0.15) is 32.1 Å². The number of nitrogens with zero attached hydrogens (tertiary/aromatic N) is 2. The summed E-state index contributed by atoms with van der Waals surface area (Å²) in [5.74, 6) is 4.79. The highest BCUT2D eigenvalue weighted by molar-refractivity contribution is 8.00. The van der Waals surface area contributed by atoms with Crippen molar-refractivity contribution in [3.63, 3.8) is 0 Å². The van der Waals surface area contributed by atoms with Crippen molar-refractivity contribution in [2.75, 3.05) is 32.4 Å². The number of nitrogens with one attached hydrogen (secondary N) is 1. The summed E-state index contributed by atoms with van der Waals surface area (Å²) in [4.78, 5) is 6.74. The monoisotopic (exact) mass is 265 g/mol. The van der Waals surface area contributed by atoms with Crippen LogP contribution < -0.4 is 5.32 Å². The van der Waals surface area contributed by atoms with Gasteiger partial charge in [0, 0.05) is 30.6 Å². The smallest absolute Gasteiger partial charge is 0.194 e. The first kappa shape index (κ1) is 13.6.